The average molecular weight is 220 g/mol. The molecule has 6 heteroatoms. The maximum Gasteiger partial charge on any atom is 0.314 e. The van der Waals surface area contributed by atoms with Crippen molar-refractivity contribution in [2.24, 2.45) is 0 Å². The lowest BCUT2D eigenvalue weighted by Crippen LogP contribution is -2.07. The van der Waals surface area contributed by atoms with Crippen LogP contribution in [0.1, 0.15) is 11.1 Å². The number of aromatic amines is 1. The number of H-pyrrole nitrogens is 1. The molecule has 1 aromatic heterocycles. The summed E-state index contributed by atoms with van der Waals surface area (Å²) in [7, 11) is 0. The van der Waals surface area contributed by atoms with Gasteiger partial charge in [-0.3, -0.25) is 0 Å². The highest BCUT2D eigenvalue weighted by Gasteiger charge is 2.19. The van der Waals surface area contributed by atoms with Crippen LogP contribution in [0, 0.1) is 4.84 Å². The standard InChI is InChI=1S/C6H8N2OS3/c10-6-7-5(8-9-6)4-3-11-1-2-12-4/h4H,1-3H2,(H,7,8,10). The quantitative estimate of drug-likeness (QED) is 0.735. The fourth-order valence-corrected chi connectivity index (χ4v) is 3.78. The van der Waals surface area contributed by atoms with Crippen molar-refractivity contribution in [3.05, 3.63) is 10.7 Å². The molecule has 1 aliphatic heterocycles. The van der Waals surface area contributed by atoms with E-state index in [0.717, 1.165) is 11.6 Å². The molecule has 1 aliphatic rings. The van der Waals surface area contributed by atoms with Gasteiger partial charge >= 0.3 is 4.84 Å². The van der Waals surface area contributed by atoms with Gasteiger partial charge in [0, 0.05) is 17.3 Å². The summed E-state index contributed by atoms with van der Waals surface area (Å²) >= 11 is 8.64. The minimum atomic E-state index is 0.307. The Bertz CT molecular complexity index is 302. The van der Waals surface area contributed by atoms with E-state index in [2.05, 4.69) is 10.1 Å². The molecule has 1 saturated heterocycles. The normalized spacial score (nSPS) is 24.2. The lowest BCUT2D eigenvalue weighted by molar-refractivity contribution is 0.398. The highest BCUT2D eigenvalue weighted by molar-refractivity contribution is 8.06. The van der Waals surface area contributed by atoms with Crippen LogP contribution in [-0.4, -0.2) is 27.4 Å². The van der Waals surface area contributed by atoms with E-state index in [4.69, 9.17) is 16.7 Å². The molecule has 2 heterocycles. The summed E-state index contributed by atoms with van der Waals surface area (Å²) in [6.07, 6.45) is 0. The Labute approximate surface area is 83.7 Å². The second-order valence-corrected chi connectivity index (χ2v) is 5.21. The number of nitrogens with zero attached hydrogens (tertiary/aromatic N) is 1. The van der Waals surface area contributed by atoms with Gasteiger partial charge in [0.05, 0.1) is 5.25 Å². The third kappa shape index (κ3) is 1.86. The van der Waals surface area contributed by atoms with Crippen molar-refractivity contribution in [2.75, 3.05) is 17.3 Å². The molecule has 1 fully saturated rings. The minimum Gasteiger partial charge on any atom is -0.348 e. The van der Waals surface area contributed by atoms with E-state index in [1.165, 1.54) is 11.5 Å². The number of thioether (sulfide) groups is 2. The largest absolute Gasteiger partial charge is 0.348 e. The Balaban J connectivity index is 2.13. The third-order valence-electron chi connectivity index (χ3n) is 1.58. The summed E-state index contributed by atoms with van der Waals surface area (Å²) in [5.41, 5.74) is 0. The Morgan fingerprint density at radius 2 is 2.50 bits per heavy atom. The third-order valence-corrected chi connectivity index (χ3v) is 4.51. The first-order chi connectivity index (χ1) is 5.86. The molecule has 0 aromatic carbocycles. The van der Waals surface area contributed by atoms with Crippen molar-refractivity contribution >= 4 is 35.7 Å². The molecular weight excluding hydrogens is 212 g/mol. The Kier molecular flexibility index (Phi) is 2.77. The topological polar surface area (TPSA) is 41.8 Å². The zero-order valence-corrected chi connectivity index (χ0v) is 8.73. The molecule has 12 heavy (non-hydrogen) atoms. The van der Waals surface area contributed by atoms with Crippen LogP contribution in [0.3, 0.4) is 0 Å². The highest BCUT2D eigenvalue weighted by Crippen LogP contribution is 2.34. The van der Waals surface area contributed by atoms with Gasteiger partial charge < -0.3 is 4.52 Å². The van der Waals surface area contributed by atoms with Crippen molar-refractivity contribution in [2.45, 2.75) is 5.25 Å². The minimum absolute atomic E-state index is 0.307. The average Bonchev–Trinajstić information content (AvgIpc) is 2.54. The van der Waals surface area contributed by atoms with E-state index < -0.39 is 0 Å². The van der Waals surface area contributed by atoms with E-state index in [1.807, 2.05) is 23.5 Å². The van der Waals surface area contributed by atoms with Crippen LogP contribution in [0.15, 0.2) is 4.52 Å². The summed E-state index contributed by atoms with van der Waals surface area (Å²) in [6, 6.07) is 0. The molecular formula is C6H8N2OS3. The SMILES string of the molecule is S=c1nc(C2CSCCS2)[nH]o1. The number of nitrogens with one attached hydrogen (secondary N) is 1. The van der Waals surface area contributed by atoms with Gasteiger partial charge in [-0.05, 0) is 12.2 Å². The van der Waals surface area contributed by atoms with E-state index in [1.54, 1.807) is 0 Å². The summed E-state index contributed by atoms with van der Waals surface area (Å²) < 4.78 is 4.87. The molecule has 3 nitrogen and oxygen atoms in total. The van der Waals surface area contributed by atoms with Crippen LogP contribution in [0.25, 0.3) is 0 Å². The fraction of sp³-hybridized carbons (Fsp3) is 0.667. The van der Waals surface area contributed by atoms with Crippen LogP contribution in [0.2, 0.25) is 0 Å². The van der Waals surface area contributed by atoms with Gasteiger partial charge in [-0.1, -0.05) is 0 Å². The van der Waals surface area contributed by atoms with Crippen LogP contribution in [-0.2, 0) is 0 Å². The molecule has 0 spiro atoms. The number of hydrogen-bond acceptors (Lipinski definition) is 5. The number of aromatic nitrogens is 2. The van der Waals surface area contributed by atoms with E-state index >= 15 is 0 Å². The monoisotopic (exact) mass is 220 g/mol. The lowest BCUT2D eigenvalue weighted by atomic mass is 10.4. The summed E-state index contributed by atoms with van der Waals surface area (Å²) in [5.74, 6) is 4.41. The molecule has 1 aromatic rings. The molecule has 1 unspecified atom stereocenters. The maximum absolute atomic E-state index is 4.87. The fourth-order valence-electron chi connectivity index (χ4n) is 1.02. The Morgan fingerprint density at radius 1 is 1.58 bits per heavy atom. The van der Waals surface area contributed by atoms with Gasteiger partial charge in [-0.2, -0.15) is 16.7 Å². The lowest BCUT2D eigenvalue weighted by Gasteiger charge is -2.17. The predicted molar refractivity (Wildman–Crippen MR) is 54.2 cm³/mol. The zero-order valence-electron chi connectivity index (χ0n) is 6.28. The van der Waals surface area contributed by atoms with Gasteiger partial charge in [0.25, 0.3) is 0 Å². The van der Waals surface area contributed by atoms with Gasteiger partial charge in [0.15, 0.2) is 5.82 Å². The van der Waals surface area contributed by atoms with Crippen LogP contribution < -0.4 is 0 Å². The first-order valence-electron chi connectivity index (χ1n) is 3.61. The van der Waals surface area contributed by atoms with Crippen LogP contribution >= 0.6 is 35.7 Å². The first kappa shape index (κ1) is 8.65. The van der Waals surface area contributed by atoms with Crippen molar-refractivity contribution in [3.63, 3.8) is 0 Å². The zero-order chi connectivity index (χ0) is 8.39. The second-order valence-electron chi connectivity index (χ2n) is 2.40. The van der Waals surface area contributed by atoms with Crippen LogP contribution in [0.5, 0.6) is 0 Å². The first-order valence-corrected chi connectivity index (χ1v) is 6.22. The molecule has 0 radical (unpaired) electrons. The van der Waals surface area contributed by atoms with Crippen molar-refractivity contribution < 1.29 is 4.52 Å². The maximum atomic E-state index is 4.87. The number of hydrogen-bond donors (Lipinski definition) is 1. The number of rotatable bonds is 1. The molecule has 0 bridgehead atoms. The van der Waals surface area contributed by atoms with Gasteiger partial charge in [-0.25, -0.2) is 5.16 Å². The van der Waals surface area contributed by atoms with E-state index in [0.29, 0.717) is 10.1 Å². The van der Waals surface area contributed by atoms with Crippen molar-refractivity contribution in [1.82, 2.24) is 10.1 Å². The summed E-state index contributed by atoms with van der Waals surface area (Å²) in [4.78, 5) is 4.40. The van der Waals surface area contributed by atoms with Crippen molar-refractivity contribution in [3.8, 4) is 0 Å². The van der Waals surface area contributed by atoms with Crippen LogP contribution in [0.4, 0.5) is 0 Å². The van der Waals surface area contributed by atoms with E-state index in [-0.39, 0.29) is 0 Å². The Hall–Kier alpha value is 0.0600. The van der Waals surface area contributed by atoms with Gasteiger partial charge in [0.2, 0.25) is 0 Å². The molecule has 0 amide bonds. The molecule has 0 aliphatic carbocycles. The second kappa shape index (κ2) is 3.85. The Morgan fingerprint density at radius 3 is 3.08 bits per heavy atom. The molecule has 1 N–H and O–H groups in total. The molecule has 66 valence electrons. The van der Waals surface area contributed by atoms with Gasteiger partial charge in [-0.15, -0.1) is 11.8 Å². The predicted octanol–water partition coefficient (Wildman–Crippen LogP) is 2.25. The molecule has 0 saturated carbocycles. The molecule has 2 rings (SSSR count). The van der Waals surface area contributed by atoms with Gasteiger partial charge in [0.1, 0.15) is 0 Å². The smallest absolute Gasteiger partial charge is 0.314 e. The summed E-state index contributed by atoms with van der Waals surface area (Å²) in [6.45, 7) is 0. The van der Waals surface area contributed by atoms with E-state index in [9.17, 15) is 0 Å². The molecule has 1 atom stereocenters. The van der Waals surface area contributed by atoms with Crippen molar-refractivity contribution in [1.29, 1.82) is 0 Å². The summed E-state index contributed by atoms with van der Waals surface area (Å²) in [5, 5.41) is 3.19. The highest BCUT2D eigenvalue weighted by atomic mass is 32.2.